The summed E-state index contributed by atoms with van der Waals surface area (Å²) in [5.74, 6) is 1.63. The topological polar surface area (TPSA) is 49.8 Å². The molecule has 0 spiro atoms. The van der Waals surface area contributed by atoms with Crippen molar-refractivity contribution in [3.8, 4) is 0 Å². The summed E-state index contributed by atoms with van der Waals surface area (Å²) in [7, 11) is 0. The van der Waals surface area contributed by atoms with Gasteiger partial charge in [-0.3, -0.25) is 0 Å². The van der Waals surface area contributed by atoms with Crippen molar-refractivity contribution in [3.63, 3.8) is 0 Å². The minimum Gasteiger partial charge on any atom is -0.370 e. The number of rotatable bonds is 6. The number of hydrogen-bond donors (Lipinski definition) is 2. The quantitative estimate of drug-likeness (QED) is 0.851. The maximum atomic E-state index is 4.53. The Balaban J connectivity index is 1.51. The van der Waals surface area contributed by atoms with E-state index in [-0.39, 0.29) is 0 Å². The molecule has 1 saturated carbocycles. The molecule has 21 heavy (non-hydrogen) atoms. The predicted molar refractivity (Wildman–Crippen MR) is 86.5 cm³/mol. The third-order valence-electron chi connectivity index (χ3n) is 3.91. The van der Waals surface area contributed by atoms with Crippen LogP contribution in [0.3, 0.4) is 0 Å². The van der Waals surface area contributed by atoms with E-state index in [4.69, 9.17) is 0 Å². The van der Waals surface area contributed by atoms with Gasteiger partial charge in [0, 0.05) is 18.8 Å². The SMILES string of the molecule is c1ccc(CCNc2ccnc(NC3CCCC3)n2)cc1. The molecule has 2 aromatic rings. The molecular formula is C17H22N4. The number of anilines is 2. The van der Waals surface area contributed by atoms with E-state index < -0.39 is 0 Å². The van der Waals surface area contributed by atoms with E-state index in [1.165, 1.54) is 31.2 Å². The molecule has 1 aliphatic carbocycles. The van der Waals surface area contributed by atoms with Gasteiger partial charge >= 0.3 is 0 Å². The van der Waals surface area contributed by atoms with Gasteiger partial charge in [-0.1, -0.05) is 43.2 Å². The lowest BCUT2D eigenvalue weighted by Gasteiger charge is -2.12. The van der Waals surface area contributed by atoms with E-state index in [0.717, 1.165) is 24.7 Å². The molecule has 0 bridgehead atoms. The fourth-order valence-electron chi connectivity index (χ4n) is 2.76. The molecule has 4 nitrogen and oxygen atoms in total. The second kappa shape index (κ2) is 7.07. The lowest BCUT2D eigenvalue weighted by Crippen LogP contribution is -2.17. The van der Waals surface area contributed by atoms with Crippen LogP contribution in [0.5, 0.6) is 0 Å². The van der Waals surface area contributed by atoms with Gasteiger partial charge in [-0.05, 0) is 30.9 Å². The Bertz CT molecular complexity index is 550. The Morgan fingerprint density at radius 2 is 1.86 bits per heavy atom. The van der Waals surface area contributed by atoms with Crippen molar-refractivity contribution in [2.24, 2.45) is 0 Å². The van der Waals surface area contributed by atoms with E-state index in [1.54, 1.807) is 0 Å². The fourth-order valence-corrected chi connectivity index (χ4v) is 2.76. The molecule has 0 saturated heterocycles. The third kappa shape index (κ3) is 4.18. The van der Waals surface area contributed by atoms with Crippen LogP contribution in [0.1, 0.15) is 31.2 Å². The van der Waals surface area contributed by atoms with Crippen LogP contribution >= 0.6 is 0 Å². The van der Waals surface area contributed by atoms with Gasteiger partial charge in [0.05, 0.1) is 0 Å². The molecule has 1 aromatic carbocycles. The largest absolute Gasteiger partial charge is 0.370 e. The van der Waals surface area contributed by atoms with Gasteiger partial charge < -0.3 is 10.6 Å². The fraction of sp³-hybridized carbons (Fsp3) is 0.412. The average Bonchev–Trinajstić information content (AvgIpc) is 3.02. The highest BCUT2D eigenvalue weighted by atomic mass is 15.1. The molecule has 1 aliphatic rings. The Morgan fingerprint density at radius 1 is 1.05 bits per heavy atom. The molecule has 0 amide bonds. The van der Waals surface area contributed by atoms with Gasteiger partial charge in [0.15, 0.2) is 0 Å². The van der Waals surface area contributed by atoms with Gasteiger partial charge in [-0.2, -0.15) is 4.98 Å². The number of nitrogens with zero attached hydrogens (tertiary/aromatic N) is 2. The van der Waals surface area contributed by atoms with E-state index in [0.29, 0.717) is 6.04 Å². The molecule has 110 valence electrons. The first kappa shape index (κ1) is 13.9. The Labute approximate surface area is 126 Å². The van der Waals surface area contributed by atoms with Crippen LogP contribution in [-0.2, 0) is 6.42 Å². The summed E-state index contributed by atoms with van der Waals surface area (Å²) in [5.41, 5.74) is 1.34. The van der Waals surface area contributed by atoms with Crippen molar-refractivity contribution in [3.05, 3.63) is 48.2 Å². The molecule has 0 atom stereocenters. The normalized spacial score (nSPS) is 15.0. The zero-order valence-electron chi connectivity index (χ0n) is 12.3. The van der Waals surface area contributed by atoms with Crippen molar-refractivity contribution in [2.75, 3.05) is 17.2 Å². The van der Waals surface area contributed by atoms with Gasteiger partial charge in [-0.15, -0.1) is 0 Å². The average molecular weight is 282 g/mol. The van der Waals surface area contributed by atoms with E-state index in [9.17, 15) is 0 Å². The van der Waals surface area contributed by atoms with Crippen LogP contribution in [0.2, 0.25) is 0 Å². The molecule has 0 aliphatic heterocycles. The van der Waals surface area contributed by atoms with Gasteiger partial charge in [-0.25, -0.2) is 4.98 Å². The van der Waals surface area contributed by atoms with Crippen LogP contribution in [0.15, 0.2) is 42.6 Å². The van der Waals surface area contributed by atoms with Crippen LogP contribution in [-0.4, -0.2) is 22.6 Å². The van der Waals surface area contributed by atoms with Crippen LogP contribution in [0, 0.1) is 0 Å². The smallest absolute Gasteiger partial charge is 0.224 e. The lowest BCUT2D eigenvalue weighted by molar-refractivity contribution is 0.744. The van der Waals surface area contributed by atoms with E-state index in [2.05, 4.69) is 44.9 Å². The Morgan fingerprint density at radius 3 is 2.67 bits per heavy atom. The van der Waals surface area contributed by atoms with Crippen molar-refractivity contribution >= 4 is 11.8 Å². The van der Waals surface area contributed by atoms with Crippen molar-refractivity contribution in [1.29, 1.82) is 0 Å². The third-order valence-corrected chi connectivity index (χ3v) is 3.91. The monoisotopic (exact) mass is 282 g/mol. The summed E-state index contributed by atoms with van der Waals surface area (Å²) in [5, 5.41) is 6.79. The number of benzene rings is 1. The molecule has 1 aromatic heterocycles. The lowest BCUT2D eigenvalue weighted by atomic mass is 10.1. The molecule has 2 N–H and O–H groups in total. The summed E-state index contributed by atoms with van der Waals surface area (Å²) in [6.07, 6.45) is 7.90. The second-order valence-corrected chi connectivity index (χ2v) is 5.55. The maximum Gasteiger partial charge on any atom is 0.224 e. The minimum atomic E-state index is 0.546. The zero-order chi connectivity index (χ0) is 14.3. The number of nitrogens with one attached hydrogen (secondary N) is 2. The molecule has 0 unspecified atom stereocenters. The van der Waals surface area contributed by atoms with Crippen LogP contribution in [0.4, 0.5) is 11.8 Å². The highest BCUT2D eigenvalue weighted by molar-refractivity contribution is 5.40. The Hall–Kier alpha value is -2.10. The first-order chi connectivity index (χ1) is 10.4. The van der Waals surface area contributed by atoms with Gasteiger partial charge in [0.25, 0.3) is 0 Å². The summed E-state index contributed by atoms with van der Waals surface area (Å²) in [4.78, 5) is 8.84. The molecule has 1 heterocycles. The van der Waals surface area contributed by atoms with Crippen LogP contribution < -0.4 is 10.6 Å². The summed E-state index contributed by atoms with van der Waals surface area (Å²) in [6, 6.07) is 13.0. The molecular weight excluding hydrogens is 260 g/mol. The molecule has 4 heteroatoms. The first-order valence-electron chi connectivity index (χ1n) is 7.77. The molecule has 3 rings (SSSR count). The van der Waals surface area contributed by atoms with Crippen LogP contribution in [0.25, 0.3) is 0 Å². The zero-order valence-corrected chi connectivity index (χ0v) is 12.3. The van der Waals surface area contributed by atoms with E-state index >= 15 is 0 Å². The molecule has 0 radical (unpaired) electrons. The predicted octanol–water partition coefficient (Wildman–Crippen LogP) is 3.49. The highest BCUT2D eigenvalue weighted by Gasteiger charge is 2.15. The van der Waals surface area contributed by atoms with Gasteiger partial charge in [0.1, 0.15) is 5.82 Å². The van der Waals surface area contributed by atoms with Crippen molar-refractivity contribution < 1.29 is 0 Å². The standard InChI is InChI=1S/C17H22N4/c1-2-6-14(7-3-1)10-12-18-16-11-13-19-17(21-16)20-15-8-4-5-9-15/h1-3,6-7,11,13,15H,4-5,8-10,12H2,(H2,18,19,20,21). The number of aromatic nitrogens is 2. The highest BCUT2D eigenvalue weighted by Crippen LogP contribution is 2.20. The van der Waals surface area contributed by atoms with Gasteiger partial charge in [0.2, 0.25) is 5.95 Å². The van der Waals surface area contributed by atoms with E-state index in [1.807, 2.05) is 18.3 Å². The molecule has 1 fully saturated rings. The summed E-state index contributed by atoms with van der Waals surface area (Å²) < 4.78 is 0. The summed E-state index contributed by atoms with van der Waals surface area (Å²) >= 11 is 0. The Kier molecular flexibility index (Phi) is 4.66. The van der Waals surface area contributed by atoms with Crippen molar-refractivity contribution in [2.45, 2.75) is 38.1 Å². The maximum absolute atomic E-state index is 4.53. The first-order valence-corrected chi connectivity index (χ1v) is 7.77. The number of hydrogen-bond acceptors (Lipinski definition) is 4. The second-order valence-electron chi connectivity index (χ2n) is 5.55. The van der Waals surface area contributed by atoms with Crippen molar-refractivity contribution in [1.82, 2.24) is 9.97 Å². The minimum absolute atomic E-state index is 0.546. The summed E-state index contributed by atoms with van der Waals surface area (Å²) in [6.45, 7) is 0.879.